The number of carbonyl (C=O) groups excluding carboxylic acids is 2. The molecular weight excluding hydrogens is 276 g/mol. The molecule has 0 aromatic carbocycles. The molecule has 0 radical (unpaired) electrons. The Kier molecular flexibility index (Phi) is 6.13. The van der Waals surface area contributed by atoms with Crippen LogP contribution in [0.5, 0.6) is 0 Å². The van der Waals surface area contributed by atoms with Crippen LogP contribution in [-0.4, -0.2) is 34.4 Å². The number of hydrogen-bond donors (Lipinski definition) is 0. The number of aromatic nitrogens is 1. The van der Waals surface area contributed by atoms with E-state index in [1.165, 1.54) is 11.3 Å². The molecule has 1 aromatic heterocycles. The number of nitrogens with zero attached hydrogens (tertiary/aromatic N) is 2. The summed E-state index contributed by atoms with van der Waals surface area (Å²) in [6, 6.07) is 0.0971. The van der Waals surface area contributed by atoms with E-state index in [0.717, 1.165) is 5.01 Å². The Bertz CT molecular complexity index is 469. The van der Waals surface area contributed by atoms with E-state index in [1.54, 1.807) is 17.2 Å². The fourth-order valence-electron chi connectivity index (χ4n) is 1.67. The number of carbonyl (C=O) groups is 2. The van der Waals surface area contributed by atoms with Gasteiger partial charge in [0.05, 0.1) is 13.2 Å². The zero-order chi connectivity index (χ0) is 15.3. The average molecular weight is 298 g/mol. The third kappa shape index (κ3) is 4.30. The molecule has 1 rings (SSSR count). The number of rotatable bonds is 6. The molecule has 5 nitrogen and oxygen atoms in total. The van der Waals surface area contributed by atoms with E-state index in [1.807, 2.05) is 27.7 Å². The number of esters is 1. The minimum Gasteiger partial charge on any atom is -0.461 e. The van der Waals surface area contributed by atoms with Crippen molar-refractivity contribution in [3.63, 3.8) is 0 Å². The van der Waals surface area contributed by atoms with Crippen LogP contribution in [0.4, 0.5) is 0 Å². The van der Waals surface area contributed by atoms with Crippen LogP contribution in [0.15, 0.2) is 5.38 Å². The predicted octanol–water partition coefficient (Wildman–Crippen LogP) is 2.71. The maximum Gasteiger partial charge on any atom is 0.357 e. The normalized spacial score (nSPS) is 10.9. The second kappa shape index (κ2) is 7.38. The van der Waals surface area contributed by atoms with E-state index in [9.17, 15) is 9.59 Å². The number of thiazole rings is 1. The molecule has 0 unspecified atom stereocenters. The Hall–Kier alpha value is -1.43. The molecule has 0 spiro atoms. The molecule has 0 bridgehead atoms. The molecule has 0 N–H and O–H groups in total. The SMILES string of the molecule is CCOC(=O)c1csc(CN(C(=O)C(C)C)C(C)C)n1. The van der Waals surface area contributed by atoms with Crippen molar-refractivity contribution in [3.8, 4) is 0 Å². The lowest BCUT2D eigenvalue weighted by Crippen LogP contribution is -2.38. The van der Waals surface area contributed by atoms with Crippen LogP contribution >= 0.6 is 11.3 Å². The highest BCUT2D eigenvalue weighted by atomic mass is 32.1. The zero-order valence-electron chi connectivity index (χ0n) is 12.7. The first kappa shape index (κ1) is 16.6. The summed E-state index contributed by atoms with van der Waals surface area (Å²) in [5.41, 5.74) is 0.313. The molecule has 1 amide bonds. The van der Waals surface area contributed by atoms with Crippen LogP contribution in [0.2, 0.25) is 0 Å². The molecule has 6 heteroatoms. The van der Waals surface area contributed by atoms with Gasteiger partial charge in [-0.1, -0.05) is 13.8 Å². The molecule has 1 heterocycles. The van der Waals surface area contributed by atoms with Gasteiger partial charge in [0.15, 0.2) is 5.69 Å². The minimum absolute atomic E-state index is 0.0538. The van der Waals surface area contributed by atoms with Crippen molar-refractivity contribution in [1.82, 2.24) is 9.88 Å². The Balaban J connectivity index is 2.80. The van der Waals surface area contributed by atoms with Gasteiger partial charge in [-0.3, -0.25) is 4.79 Å². The lowest BCUT2D eigenvalue weighted by molar-refractivity contribution is -0.136. The second-order valence-corrected chi connectivity index (χ2v) is 6.00. The number of ether oxygens (including phenoxy) is 1. The topological polar surface area (TPSA) is 59.5 Å². The molecule has 0 aliphatic rings. The largest absolute Gasteiger partial charge is 0.461 e. The smallest absolute Gasteiger partial charge is 0.357 e. The van der Waals surface area contributed by atoms with Gasteiger partial charge in [-0.2, -0.15) is 0 Å². The van der Waals surface area contributed by atoms with Crippen molar-refractivity contribution in [2.45, 2.75) is 47.2 Å². The second-order valence-electron chi connectivity index (χ2n) is 5.06. The molecule has 0 saturated carbocycles. The van der Waals surface area contributed by atoms with Gasteiger partial charge < -0.3 is 9.64 Å². The van der Waals surface area contributed by atoms with Crippen molar-refractivity contribution in [3.05, 3.63) is 16.1 Å². The first-order valence-corrected chi connectivity index (χ1v) is 7.66. The quantitative estimate of drug-likeness (QED) is 0.758. The summed E-state index contributed by atoms with van der Waals surface area (Å²) in [6.07, 6.45) is 0. The molecule has 1 aromatic rings. The van der Waals surface area contributed by atoms with Gasteiger partial charge in [0.2, 0.25) is 5.91 Å². The van der Waals surface area contributed by atoms with E-state index >= 15 is 0 Å². The van der Waals surface area contributed by atoms with Crippen molar-refractivity contribution >= 4 is 23.2 Å². The van der Waals surface area contributed by atoms with Crippen molar-refractivity contribution in [1.29, 1.82) is 0 Å². The van der Waals surface area contributed by atoms with E-state index < -0.39 is 5.97 Å². The van der Waals surface area contributed by atoms with Gasteiger partial charge in [-0.25, -0.2) is 9.78 Å². The molecule has 112 valence electrons. The Labute approximate surface area is 124 Å². The molecule has 0 aliphatic heterocycles. The van der Waals surface area contributed by atoms with E-state index in [4.69, 9.17) is 4.74 Å². The Morgan fingerprint density at radius 1 is 1.35 bits per heavy atom. The fourth-order valence-corrected chi connectivity index (χ4v) is 2.44. The predicted molar refractivity (Wildman–Crippen MR) is 78.6 cm³/mol. The van der Waals surface area contributed by atoms with Crippen molar-refractivity contribution in [2.24, 2.45) is 5.92 Å². The maximum atomic E-state index is 12.1. The van der Waals surface area contributed by atoms with Crippen molar-refractivity contribution < 1.29 is 14.3 Å². The molecule has 20 heavy (non-hydrogen) atoms. The van der Waals surface area contributed by atoms with Gasteiger partial charge >= 0.3 is 5.97 Å². The summed E-state index contributed by atoms with van der Waals surface area (Å²) < 4.78 is 4.90. The molecule has 0 aliphatic carbocycles. The lowest BCUT2D eigenvalue weighted by atomic mass is 10.1. The highest BCUT2D eigenvalue weighted by molar-refractivity contribution is 7.09. The summed E-state index contributed by atoms with van der Waals surface area (Å²) in [5, 5.41) is 2.42. The first-order valence-electron chi connectivity index (χ1n) is 6.78. The maximum absolute atomic E-state index is 12.1. The lowest BCUT2D eigenvalue weighted by Gasteiger charge is -2.27. The minimum atomic E-state index is -0.415. The summed E-state index contributed by atoms with van der Waals surface area (Å²) in [7, 11) is 0. The van der Waals surface area contributed by atoms with Crippen LogP contribution < -0.4 is 0 Å². The molecule has 0 atom stereocenters. The van der Waals surface area contributed by atoms with Gasteiger partial charge in [0.1, 0.15) is 5.01 Å². The summed E-state index contributed by atoms with van der Waals surface area (Å²) in [6.45, 7) is 10.2. The van der Waals surface area contributed by atoms with Crippen LogP contribution in [0.3, 0.4) is 0 Å². The number of hydrogen-bond acceptors (Lipinski definition) is 5. The standard InChI is InChI=1S/C14H22N2O3S/c1-6-19-14(18)11-8-20-12(15-11)7-16(10(4)5)13(17)9(2)3/h8-10H,6-7H2,1-5H3. The third-order valence-electron chi connectivity index (χ3n) is 2.74. The van der Waals surface area contributed by atoms with Gasteiger partial charge in [-0.15, -0.1) is 11.3 Å². The van der Waals surface area contributed by atoms with Gasteiger partial charge in [-0.05, 0) is 20.8 Å². The van der Waals surface area contributed by atoms with Crippen LogP contribution in [0, 0.1) is 5.92 Å². The van der Waals surface area contributed by atoms with E-state index in [0.29, 0.717) is 18.8 Å². The zero-order valence-corrected chi connectivity index (χ0v) is 13.5. The first-order chi connectivity index (χ1) is 9.36. The van der Waals surface area contributed by atoms with Crippen molar-refractivity contribution in [2.75, 3.05) is 6.61 Å². The fraction of sp³-hybridized carbons (Fsp3) is 0.643. The highest BCUT2D eigenvalue weighted by Gasteiger charge is 2.22. The highest BCUT2D eigenvalue weighted by Crippen LogP contribution is 2.16. The third-order valence-corrected chi connectivity index (χ3v) is 3.58. The van der Waals surface area contributed by atoms with Gasteiger partial charge in [0.25, 0.3) is 0 Å². The Morgan fingerprint density at radius 2 is 2.00 bits per heavy atom. The monoisotopic (exact) mass is 298 g/mol. The van der Waals surface area contributed by atoms with Gasteiger partial charge in [0, 0.05) is 17.3 Å². The number of amides is 1. The van der Waals surface area contributed by atoms with E-state index in [-0.39, 0.29) is 17.9 Å². The average Bonchev–Trinajstić information content (AvgIpc) is 2.83. The molecule has 0 saturated heterocycles. The summed E-state index contributed by atoms with van der Waals surface area (Å²) in [5.74, 6) is -0.379. The van der Waals surface area contributed by atoms with E-state index in [2.05, 4.69) is 4.98 Å². The van der Waals surface area contributed by atoms with Crippen LogP contribution in [0.25, 0.3) is 0 Å². The molecule has 0 fully saturated rings. The summed E-state index contributed by atoms with van der Waals surface area (Å²) in [4.78, 5) is 29.7. The van der Waals surface area contributed by atoms with Crippen LogP contribution in [-0.2, 0) is 16.1 Å². The molecular formula is C14H22N2O3S. The van der Waals surface area contributed by atoms with Crippen LogP contribution in [0.1, 0.15) is 50.1 Å². The Morgan fingerprint density at radius 3 is 2.50 bits per heavy atom. The summed E-state index contributed by atoms with van der Waals surface area (Å²) >= 11 is 1.37.